The largest absolute Gasteiger partial charge is 0.243 e. The minimum absolute atomic E-state index is 0.149. The molecule has 0 aromatic heterocycles. The fourth-order valence-corrected chi connectivity index (χ4v) is 3.84. The number of nitriles is 1. The third-order valence-electron chi connectivity index (χ3n) is 3.33. The van der Waals surface area contributed by atoms with E-state index in [-0.39, 0.29) is 10.9 Å². The van der Waals surface area contributed by atoms with Gasteiger partial charge in [-0.2, -0.15) is 9.57 Å². The van der Waals surface area contributed by atoms with E-state index >= 15 is 0 Å². The van der Waals surface area contributed by atoms with Crippen LogP contribution in [-0.4, -0.2) is 18.8 Å². The first-order valence-corrected chi connectivity index (χ1v) is 8.45. The normalized spacial score (nSPS) is 11.6. The number of hydrogen-bond acceptors (Lipinski definition) is 3. The summed E-state index contributed by atoms with van der Waals surface area (Å²) in [6.07, 6.45) is 0. The van der Waals surface area contributed by atoms with E-state index in [2.05, 4.69) is 0 Å². The molecule has 0 saturated heterocycles. The Labute approximate surface area is 131 Å². The topological polar surface area (TPSA) is 61.2 Å². The number of benzene rings is 2. The number of hydrogen-bond donors (Lipinski definition) is 0. The summed E-state index contributed by atoms with van der Waals surface area (Å²) in [5.74, 6) is 0. The Bertz CT molecular complexity index is 778. The van der Waals surface area contributed by atoms with Crippen molar-refractivity contribution in [2.75, 3.05) is 0 Å². The Balaban J connectivity index is 2.40. The second-order valence-corrected chi connectivity index (χ2v) is 7.16. The highest BCUT2D eigenvalue weighted by Gasteiger charge is 2.27. The highest BCUT2D eigenvalue weighted by molar-refractivity contribution is 7.89. The molecule has 4 nitrogen and oxygen atoms in total. The van der Waals surface area contributed by atoms with Gasteiger partial charge in [0.2, 0.25) is 10.0 Å². The molecule has 2 rings (SSSR count). The van der Waals surface area contributed by atoms with E-state index in [1.807, 2.05) is 50.2 Å². The molecule has 114 valence electrons. The Morgan fingerprint density at radius 2 is 1.77 bits per heavy atom. The summed E-state index contributed by atoms with van der Waals surface area (Å²) in [4.78, 5) is 0.149. The molecule has 0 fully saturated rings. The molecule has 0 unspecified atom stereocenters. The van der Waals surface area contributed by atoms with Gasteiger partial charge in [-0.3, -0.25) is 0 Å². The van der Waals surface area contributed by atoms with Crippen LogP contribution in [-0.2, 0) is 16.6 Å². The Morgan fingerprint density at radius 3 is 2.36 bits per heavy atom. The molecular weight excluding hydrogens is 296 g/mol. The van der Waals surface area contributed by atoms with Crippen molar-refractivity contribution in [3.05, 3.63) is 65.7 Å². The van der Waals surface area contributed by atoms with Crippen LogP contribution in [0.3, 0.4) is 0 Å². The Hall–Kier alpha value is -2.16. The van der Waals surface area contributed by atoms with Crippen LogP contribution in [0.15, 0.2) is 59.5 Å². The molecule has 0 N–H and O–H groups in total. The van der Waals surface area contributed by atoms with Crippen molar-refractivity contribution >= 4 is 10.0 Å². The van der Waals surface area contributed by atoms with Gasteiger partial charge >= 0.3 is 0 Å². The summed E-state index contributed by atoms with van der Waals surface area (Å²) in [6, 6.07) is 17.4. The van der Waals surface area contributed by atoms with Crippen LogP contribution in [0, 0.1) is 11.3 Å². The predicted molar refractivity (Wildman–Crippen MR) is 85.5 cm³/mol. The van der Waals surface area contributed by atoms with Crippen LogP contribution in [0.2, 0.25) is 0 Å². The summed E-state index contributed by atoms with van der Waals surface area (Å²) in [5, 5.41) is 8.95. The molecule has 0 bridgehead atoms. The van der Waals surface area contributed by atoms with E-state index in [4.69, 9.17) is 5.26 Å². The maximum absolute atomic E-state index is 12.9. The van der Waals surface area contributed by atoms with E-state index in [1.54, 1.807) is 12.1 Å². The minimum Gasteiger partial charge on any atom is -0.207 e. The molecule has 0 aliphatic heterocycles. The van der Waals surface area contributed by atoms with Gasteiger partial charge in [0.25, 0.3) is 0 Å². The number of sulfonamides is 1. The highest BCUT2D eigenvalue weighted by atomic mass is 32.2. The quantitative estimate of drug-likeness (QED) is 0.851. The van der Waals surface area contributed by atoms with Gasteiger partial charge in [0.05, 0.1) is 16.5 Å². The minimum atomic E-state index is -3.65. The molecule has 5 heteroatoms. The first-order valence-electron chi connectivity index (χ1n) is 7.01. The summed E-state index contributed by atoms with van der Waals surface area (Å²) in [6.45, 7) is 3.99. The zero-order chi connectivity index (χ0) is 16.2. The molecular formula is C17H18N2O2S. The summed E-state index contributed by atoms with van der Waals surface area (Å²) >= 11 is 0. The van der Waals surface area contributed by atoms with Gasteiger partial charge in [0, 0.05) is 12.6 Å². The van der Waals surface area contributed by atoms with Crippen molar-refractivity contribution in [1.29, 1.82) is 5.26 Å². The van der Waals surface area contributed by atoms with E-state index in [0.717, 1.165) is 5.56 Å². The lowest BCUT2D eigenvalue weighted by Crippen LogP contribution is -2.36. The lowest BCUT2D eigenvalue weighted by Gasteiger charge is -2.26. The zero-order valence-corrected chi connectivity index (χ0v) is 13.4. The predicted octanol–water partition coefficient (Wildman–Crippen LogP) is 3.16. The van der Waals surface area contributed by atoms with Crippen molar-refractivity contribution in [1.82, 2.24) is 4.31 Å². The SMILES string of the molecule is CC(C)N(Cc1ccccc1)S(=O)(=O)c1cccc(C#N)c1. The molecule has 2 aromatic carbocycles. The smallest absolute Gasteiger partial charge is 0.207 e. The van der Waals surface area contributed by atoms with E-state index in [0.29, 0.717) is 12.1 Å². The zero-order valence-electron chi connectivity index (χ0n) is 12.6. The fourth-order valence-electron chi connectivity index (χ4n) is 2.17. The molecule has 22 heavy (non-hydrogen) atoms. The second kappa shape index (κ2) is 6.73. The van der Waals surface area contributed by atoms with Crippen molar-refractivity contribution in [3.8, 4) is 6.07 Å². The van der Waals surface area contributed by atoms with E-state index in [9.17, 15) is 8.42 Å². The van der Waals surface area contributed by atoms with E-state index < -0.39 is 10.0 Å². The van der Waals surface area contributed by atoms with Crippen LogP contribution in [0.4, 0.5) is 0 Å². The first-order chi connectivity index (χ1) is 10.4. The average Bonchev–Trinajstić information content (AvgIpc) is 2.53. The van der Waals surface area contributed by atoms with E-state index in [1.165, 1.54) is 16.4 Å². The van der Waals surface area contributed by atoms with Gasteiger partial charge in [-0.15, -0.1) is 0 Å². The first kappa shape index (κ1) is 16.2. The highest BCUT2D eigenvalue weighted by Crippen LogP contribution is 2.21. The maximum atomic E-state index is 12.9. The van der Waals surface area contributed by atoms with Crippen LogP contribution in [0.5, 0.6) is 0 Å². The maximum Gasteiger partial charge on any atom is 0.243 e. The average molecular weight is 314 g/mol. The third kappa shape index (κ3) is 3.53. The second-order valence-electron chi connectivity index (χ2n) is 5.27. The molecule has 0 saturated carbocycles. The molecule has 2 aromatic rings. The molecule has 0 aliphatic rings. The van der Waals surface area contributed by atoms with Crippen molar-refractivity contribution < 1.29 is 8.42 Å². The lowest BCUT2D eigenvalue weighted by atomic mass is 10.2. The monoisotopic (exact) mass is 314 g/mol. The van der Waals surface area contributed by atoms with Gasteiger partial charge < -0.3 is 0 Å². The van der Waals surface area contributed by atoms with Gasteiger partial charge in [-0.1, -0.05) is 36.4 Å². The van der Waals surface area contributed by atoms with Gasteiger partial charge in [-0.05, 0) is 37.6 Å². The van der Waals surface area contributed by atoms with Gasteiger partial charge in [0.15, 0.2) is 0 Å². The Morgan fingerprint density at radius 1 is 1.09 bits per heavy atom. The fraction of sp³-hybridized carbons (Fsp3) is 0.235. The number of rotatable bonds is 5. The van der Waals surface area contributed by atoms with Gasteiger partial charge in [0.1, 0.15) is 0 Å². The summed E-state index contributed by atoms with van der Waals surface area (Å²) in [5.41, 5.74) is 1.26. The lowest BCUT2D eigenvalue weighted by molar-refractivity contribution is 0.348. The molecule has 0 atom stereocenters. The third-order valence-corrected chi connectivity index (χ3v) is 5.34. The standard InChI is InChI=1S/C17H18N2O2S/c1-14(2)19(13-15-7-4-3-5-8-15)22(20,21)17-10-6-9-16(11-17)12-18/h3-11,14H,13H2,1-2H3. The van der Waals surface area contributed by atoms with Gasteiger partial charge in [-0.25, -0.2) is 8.42 Å². The molecule has 0 radical (unpaired) electrons. The summed E-state index contributed by atoms with van der Waals surface area (Å²) < 4.78 is 27.2. The Kier molecular flexibility index (Phi) is 4.96. The van der Waals surface area contributed by atoms with Crippen LogP contribution in [0.25, 0.3) is 0 Å². The van der Waals surface area contributed by atoms with Crippen LogP contribution >= 0.6 is 0 Å². The van der Waals surface area contributed by atoms with Crippen molar-refractivity contribution in [2.24, 2.45) is 0 Å². The van der Waals surface area contributed by atoms with Crippen molar-refractivity contribution in [2.45, 2.75) is 31.3 Å². The molecule has 0 heterocycles. The summed E-state index contributed by atoms with van der Waals surface area (Å²) in [7, 11) is -3.65. The van der Waals surface area contributed by atoms with Crippen molar-refractivity contribution in [3.63, 3.8) is 0 Å². The molecule has 0 aliphatic carbocycles. The van der Waals surface area contributed by atoms with Crippen LogP contribution in [0.1, 0.15) is 25.0 Å². The molecule has 0 amide bonds. The van der Waals surface area contributed by atoms with Crippen LogP contribution < -0.4 is 0 Å². The number of nitrogens with zero attached hydrogens (tertiary/aromatic N) is 2. The molecule has 0 spiro atoms.